The average molecular weight is 296 g/mol. The van der Waals surface area contributed by atoms with E-state index in [-0.39, 0.29) is 16.4 Å². The summed E-state index contributed by atoms with van der Waals surface area (Å²) in [6.07, 6.45) is 3.46. The van der Waals surface area contributed by atoms with Crippen LogP contribution in [-0.2, 0) is 0 Å². The number of nitrogens with zero attached hydrogens (tertiary/aromatic N) is 1. The van der Waals surface area contributed by atoms with Gasteiger partial charge in [0.1, 0.15) is 4.88 Å². The fourth-order valence-electron chi connectivity index (χ4n) is 2.71. The molecule has 6 heteroatoms. The fourth-order valence-corrected chi connectivity index (χ4v) is 3.62. The molecular formula is C14H20N2O3S. The summed E-state index contributed by atoms with van der Waals surface area (Å²) in [5, 5.41) is 13.0. The van der Waals surface area contributed by atoms with Gasteiger partial charge in [-0.3, -0.25) is 4.79 Å². The first-order chi connectivity index (χ1) is 9.40. The Morgan fingerprint density at radius 3 is 2.60 bits per heavy atom. The Morgan fingerprint density at radius 1 is 1.35 bits per heavy atom. The number of carbonyl (C=O) groups is 2. The summed E-state index contributed by atoms with van der Waals surface area (Å²) in [4.78, 5) is 26.9. The highest BCUT2D eigenvalue weighted by atomic mass is 32.1. The Kier molecular flexibility index (Phi) is 4.42. The maximum atomic E-state index is 11.5. The van der Waals surface area contributed by atoms with Gasteiger partial charge in [-0.05, 0) is 18.3 Å². The SMILES string of the molecule is CC(=O)c1sc(NC2CCCC(C)C2C)nc1C(=O)O. The predicted octanol–water partition coefficient (Wildman–Crippen LogP) is 3.28. The molecule has 0 aliphatic heterocycles. The Bertz CT molecular complexity index is 495. The van der Waals surface area contributed by atoms with Gasteiger partial charge in [0.15, 0.2) is 16.6 Å². The lowest BCUT2D eigenvalue weighted by molar-refractivity contribution is 0.0687. The first-order valence-corrected chi connectivity index (χ1v) is 7.73. The molecule has 1 fully saturated rings. The van der Waals surface area contributed by atoms with Crippen LogP contribution in [0.25, 0.3) is 0 Å². The number of carbonyl (C=O) groups excluding carboxylic acids is 1. The molecule has 0 amide bonds. The maximum absolute atomic E-state index is 11.5. The first-order valence-electron chi connectivity index (χ1n) is 6.91. The Labute approximate surface area is 122 Å². The van der Waals surface area contributed by atoms with Crippen molar-refractivity contribution in [2.75, 3.05) is 5.32 Å². The molecule has 110 valence electrons. The van der Waals surface area contributed by atoms with Crippen molar-refractivity contribution in [2.24, 2.45) is 11.8 Å². The van der Waals surface area contributed by atoms with Crippen LogP contribution in [0.3, 0.4) is 0 Å². The summed E-state index contributed by atoms with van der Waals surface area (Å²) in [5.74, 6) is -0.239. The molecule has 0 spiro atoms. The van der Waals surface area contributed by atoms with E-state index in [4.69, 9.17) is 5.11 Å². The van der Waals surface area contributed by atoms with Crippen LogP contribution in [0.4, 0.5) is 5.13 Å². The highest BCUT2D eigenvalue weighted by molar-refractivity contribution is 7.17. The topological polar surface area (TPSA) is 79.3 Å². The smallest absolute Gasteiger partial charge is 0.356 e. The molecule has 1 saturated carbocycles. The van der Waals surface area contributed by atoms with Crippen molar-refractivity contribution in [3.63, 3.8) is 0 Å². The Hall–Kier alpha value is -1.43. The van der Waals surface area contributed by atoms with Crippen LogP contribution in [0.2, 0.25) is 0 Å². The van der Waals surface area contributed by atoms with Crippen molar-refractivity contribution >= 4 is 28.2 Å². The van der Waals surface area contributed by atoms with Gasteiger partial charge in [-0.2, -0.15) is 0 Å². The highest BCUT2D eigenvalue weighted by Gasteiger charge is 2.28. The second-order valence-electron chi connectivity index (χ2n) is 5.58. The number of carboxylic acids is 1. The van der Waals surface area contributed by atoms with Gasteiger partial charge in [-0.25, -0.2) is 9.78 Å². The van der Waals surface area contributed by atoms with Crippen molar-refractivity contribution < 1.29 is 14.7 Å². The summed E-state index contributed by atoms with van der Waals surface area (Å²) in [6, 6.07) is 0.298. The van der Waals surface area contributed by atoms with Crippen molar-refractivity contribution in [3.8, 4) is 0 Å². The number of thiazole rings is 1. The standard InChI is InChI=1S/C14H20N2O3S/c1-7-5-4-6-10(8(7)2)15-14-16-11(13(18)19)12(20-14)9(3)17/h7-8,10H,4-6H2,1-3H3,(H,15,16)(H,18,19). The van der Waals surface area contributed by atoms with Crippen LogP contribution in [0.5, 0.6) is 0 Å². The molecule has 1 aromatic rings. The van der Waals surface area contributed by atoms with E-state index in [0.29, 0.717) is 23.0 Å². The lowest BCUT2D eigenvalue weighted by atomic mass is 9.78. The second kappa shape index (κ2) is 5.91. The van der Waals surface area contributed by atoms with E-state index in [1.807, 2.05) is 0 Å². The van der Waals surface area contributed by atoms with Crippen LogP contribution in [0.1, 0.15) is 60.2 Å². The number of carboxylic acid groups (broad SMARTS) is 1. The van der Waals surface area contributed by atoms with Gasteiger partial charge in [-0.15, -0.1) is 0 Å². The zero-order chi connectivity index (χ0) is 14.9. The number of hydrogen-bond acceptors (Lipinski definition) is 5. The third kappa shape index (κ3) is 3.00. The zero-order valence-electron chi connectivity index (χ0n) is 12.0. The van der Waals surface area contributed by atoms with Gasteiger partial charge in [-0.1, -0.05) is 38.0 Å². The van der Waals surface area contributed by atoms with Gasteiger partial charge < -0.3 is 10.4 Å². The van der Waals surface area contributed by atoms with Crippen LogP contribution >= 0.6 is 11.3 Å². The van der Waals surface area contributed by atoms with Gasteiger partial charge in [0.25, 0.3) is 0 Å². The van der Waals surface area contributed by atoms with Crippen molar-refractivity contribution in [1.82, 2.24) is 4.98 Å². The normalized spacial score (nSPS) is 26.2. The zero-order valence-corrected chi connectivity index (χ0v) is 12.8. The number of anilines is 1. The molecule has 2 N–H and O–H groups in total. The quantitative estimate of drug-likeness (QED) is 0.834. The molecule has 1 aliphatic rings. The first kappa shape index (κ1) is 15.0. The summed E-state index contributed by atoms with van der Waals surface area (Å²) in [7, 11) is 0. The Morgan fingerprint density at radius 2 is 2.05 bits per heavy atom. The number of aromatic nitrogens is 1. The highest BCUT2D eigenvalue weighted by Crippen LogP contribution is 2.33. The summed E-state index contributed by atoms with van der Waals surface area (Å²) >= 11 is 1.14. The number of rotatable bonds is 4. The molecule has 0 bridgehead atoms. The minimum Gasteiger partial charge on any atom is -0.476 e. The molecule has 3 atom stereocenters. The molecule has 20 heavy (non-hydrogen) atoms. The molecule has 3 unspecified atom stereocenters. The van der Waals surface area contributed by atoms with E-state index in [1.165, 1.54) is 19.8 Å². The van der Waals surface area contributed by atoms with Gasteiger partial charge in [0, 0.05) is 13.0 Å². The van der Waals surface area contributed by atoms with Gasteiger partial charge in [0.05, 0.1) is 0 Å². The van der Waals surface area contributed by atoms with E-state index in [1.54, 1.807) is 0 Å². The maximum Gasteiger partial charge on any atom is 0.356 e. The second-order valence-corrected chi connectivity index (χ2v) is 6.58. The summed E-state index contributed by atoms with van der Waals surface area (Å²) in [5.41, 5.74) is -0.137. The van der Waals surface area contributed by atoms with Crippen LogP contribution < -0.4 is 5.32 Å². The van der Waals surface area contributed by atoms with Crippen LogP contribution in [0.15, 0.2) is 0 Å². The monoisotopic (exact) mass is 296 g/mol. The van der Waals surface area contributed by atoms with E-state index in [0.717, 1.165) is 17.8 Å². The largest absolute Gasteiger partial charge is 0.476 e. The number of hydrogen-bond donors (Lipinski definition) is 2. The average Bonchev–Trinajstić information content (AvgIpc) is 2.79. The summed E-state index contributed by atoms with van der Waals surface area (Å²) < 4.78 is 0. The minimum atomic E-state index is -1.15. The van der Waals surface area contributed by atoms with E-state index in [2.05, 4.69) is 24.1 Å². The third-order valence-corrected chi connectivity index (χ3v) is 5.25. The lowest BCUT2D eigenvalue weighted by Gasteiger charge is -2.34. The molecule has 0 radical (unpaired) electrons. The van der Waals surface area contributed by atoms with Crippen molar-refractivity contribution in [3.05, 3.63) is 10.6 Å². The van der Waals surface area contributed by atoms with E-state index >= 15 is 0 Å². The van der Waals surface area contributed by atoms with Crippen molar-refractivity contribution in [1.29, 1.82) is 0 Å². The van der Waals surface area contributed by atoms with E-state index < -0.39 is 5.97 Å². The van der Waals surface area contributed by atoms with Gasteiger partial charge in [0.2, 0.25) is 0 Å². The number of nitrogens with one attached hydrogen (secondary N) is 1. The van der Waals surface area contributed by atoms with E-state index in [9.17, 15) is 9.59 Å². The lowest BCUT2D eigenvalue weighted by Crippen LogP contribution is -2.34. The van der Waals surface area contributed by atoms with Crippen LogP contribution in [-0.4, -0.2) is 27.9 Å². The molecule has 1 aromatic heterocycles. The fraction of sp³-hybridized carbons (Fsp3) is 0.643. The third-order valence-electron chi connectivity index (χ3n) is 4.17. The predicted molar refractivity (Wildman–Crippen MR) is 78.7 cm³/mol. The molecule has 1 heterocycles. The number of Topliss-reactive ketones (excluding diaryl/α,β-unsaturated/α-hetero) is 1. The number of ketones is 1. The molecule has 2 rings (SSSR count). The van der Waals surface area contributed by atoms with Crippen molar-refractivity contribution in [2.45, 2.75) is 46.1 Å². The Balaban J connectivity index is 2.19. The molecular weight excluding hydrogens is 276 g/mol. The number of aromatic carboxylic acids is 1. The molecule has 1 aliphatic carbocycles. The molecule has 5 nitrogen and oxygen atoms in total. The summed E-state index contributed by atoms with van der Waals surface area (Å²) in [6.45, 7) is 5.82. The molecule has 0 saturated heterocycles. The van der Waals surface area contributed by atoms with Gasteiger partial charge >= 0.3 is 5.97 Å². The minimum absolute atomic E-state index is 0.137. The molecule has 0 aromatic carbocycles. The van der Waals surface area contributed by atoms with Crippen LogP contribution in [0, 0.1) is 11.8 Å².